The molecule has 0 saturated carbocycles. The molecule has 0 aromatic heterocycles. The van der Waals surface area contributed by atoms with Crippen LogP contribution in [0.5, 0.6) is 0 Å². The maximum Gasteiger partial charge on any atom is 0.215 e. The third kappa shape index (κ3) is 7.03. The summed E-state index contributed by atoms with van der Waals surface area (Å²) in [6, 6.07) is 0. The number of rotatable bonds is 6. The molecule has 2 N–H and O–H groups in total. The molecule has 0 radical (unpaired) electrons. The van der Waals surface area contributed by atoms with E-state index in [1.165, 1.54) is 6.42 Å². The summed E-state index contributed by atoms with van der Waals surface area (Å²) in [6.45, 7) is 3.17. The van der Waals surface area contributed by atoms with Crippen molar-refractivity contribution in [2.45, 2.75) is 25.0 Å². The van der Waals surface area contributed by atoms with Gasteiger partial charge in [-0.1, -0.05) is 6.92 Å². The van der Waals surface area contributed by atoms with E-state index in [-0.39, 0.29) is 0 Å². The number of hydrogen-bond donors (Lipinski definition) is 2. The van der Waals surface area contributed by atoms with E-state index >= 15 is 0 Å². The molecular weight excluding hydrogens is 198 g/mol. The standard InChI is InChI=1S/C9H21N3OS/c1-8(14-4)6-5-7-11-9(10-2)12-13-3/h8H,5-7H2,1-4H3,(H2,10,11,12). The number of aliphatic imine (C=N–C) groups is 1. The highest BCUT2D eigenvalue weighted by Gasteiger charge is 1.99. The van der Waals surface area contributed by atoms with Crippen LogP contribution in [0.15, 0.2) is 4.99 Å². The lowest BCUT2D eigenvalue weighted by Crippen LogP contribution is -2.37. The lowest BCUT2D eigenvalue weighted by molar-refractivity contribution is 0.141. The molecule has 0 amide bonds. The van der Waals surface area contributed by atoms with Gasteiger partial charge in [-0.3, -0.25) is 9.83 Å². The van der Waals surface area contributed by atoms with Crippen molar-refractivity contribution in [1.82, 2.24) is 10.8 Å². The van der Waals surface area contributed by atoms with E-state index < -0.39 is 0 Å². The molecule has 0 rings (SSSR count). The van der Waals surface area contributed by atoms with Gasteiger partial charge in [0.15, 0.2) is 0 Å². The number of nitrogens with zero attached hydrogens (tertiary/aromatic N) is 1. The quantitative estimate of drug-likeness (QED) is 0.305. The van der Waals surface area contributed by atoms with Gasteiger partial charge in [0.25, 0.3) is 0 Å². The van der Waals surface area contributed by atoms with Gasteiger partial charge in [0.1, 0.15) is 0 Å². The number of hydroxylamine groups is 1. The smallest absolute Gasteiger partial charge is 0.215 e. The first-order valence-electron chi connectivity index (χ1n) is 4.77. The second kappa shape index (κ2) is 9.15. The van der Waals surface area contributed by atoms with E-state index in [1.807, 2.05) is 11.8 Å². The van der Waals surface area contributed by atoms with Crippen molar-refractivity contribution in [2.24, 2.45) is 4.99 Å². The molecule has 0 aliphatic carbocycles. The molecule has 0 bridgehead atoms. The zero-order valence-corrected chi connectivity index (χ0v) is 10.3. The van der Waals surface area contributed by atoms with E-state index in [2.05, 4.69) is 29.0 Å². The van der Waals surface area contributed by atoms with Crippen molar-refractivity contribution >= 4 is 17.7 Å². The Balaban J connectivity index is 3.43. The summed E-state index contributed by atoms with van der Waals surface area (Å²) in [7, 11) is 3.29. The third-order valence-electron chi connectivity index (χ3n) is 1.90. The summed E-state index contributed by atoms with van der Waals surface area (Å²) < 4.78 is 0. The van der Waals surface area contributed by atoms with Crippen LogP contribution in [0, 0.1) is 0 Å². The maximum atomic E-state index is 4.75. The fraction of sp³-hybridized carbons (Fsp3) is 0.889. The Bertz CT molecular complexity index is 164. The van der Waals surface area contributed by atoms with Gasteiger partial charge in [0.05, 0.1) is 7.11 Å². The second-order valence-electron chi connectivity index (χ2n) is 2.99. The lowest BCUT2D eigenvalue weighted by Gasteiger charge is -2.11. The summed E-state index contributed by atoms with van der Waals surface area (Å²) in [5.74, 6) is 0.685. The Morgan fingerprint density at radius 1 is 1.57 bits per heavy atom. The monoisotopic (exact) mass is 219 g/mol. The van der Waals surface area contributed by atoms with Gasteiger partial charge in [0.2, 0.25) is 5.96 Å². The van der Waals surface area contributed by atoms with Gasteiger partial charge in [-0.2, -0.15) is 11.8 Å². The minimum Gasteiger partial charge on any atom is -0.355 e. The molecule has 0 spiro atoms. The van der Waals surface area contributed by atoms with Crippen LogP contribution in [-0.2, 0) is 4.84 Å². The normalized spacial score (nSPS) is 13.9. The van der Waals surface area contributed by atoms with Gasteiger partial charge in [-0.15, -0.1) is 0 Å². The lowest BCUT2D eigenvalue weighted by atomic mass is 10.2. The van der Waals surface area contributed by atoms with Crippen LogP contribution in [0.4, 0.5) is 0 Å². The Kier molecular flexibility index (Phi) is 8.87. The Labute approximate surface area is 90.8 Å². The van der Waals surface area contributed by atoms with Gasteiger partial charge in [0, 0.05) is 18.8 Å². The molecule has 0 aromatic carbocycles. The van der Waals surface area contributed by atoms with Crippen molar-refractivity contribution < 1.29 is 4.84 Å². The van der Waals surface area contributed by atoms with E-state index in [0.29, 0.717) is 5.96 Å². The van der Waals surface area contributed by atoms with Crippen molar-refractivity contribution in [2.75, 3.05) is 27.0 Å². The Morgan fingerprint density at radius 2 is 2.29 bits per heavy atom. The first kappa shape index (κ1) is 13.6. The highest BCUT2D eigenvalue weighted by atomic mass is 32.2. The van der Waals surface area contributed by atoms with Crippen molar-refractivity contribution in [3.05, 3.63) is 0 Å². The summed E-state index contributed by atoms with van der Waals surface area (Å²) in [6.07, 6.45) is 4.51. The fourth-order valence-corrected chi connectivity index (χ4v) is 1.37. The summed E-state index contributed by atoms with van der Waals surface area (Å²) in [5.41, 5.74) is 2.67. The van der Waals surface area contributed by atoms with Crippen LogP contribution >= 0.6 is 11.8 Å². The van der Waals surface area contributed by atoms with Gasteiger partial charge in [-0.05, 0) is 19.1 Å². The number of guanidine groups is 1. The largest absolute Gasteiger partial charge is 0.355 e. The van der Waals surface area contributed by atoms with Crippen molar-refractivity contribution in [3.8, 4) is 0 Å². The molecule has 0 aliphatic heterocycles. The summed E-state index contributed by atoms with van der Waals surface area (Å²) in [5, 5.41) is 3.89. The zero-order valence-electron chi connectivity index (χ0n) is 9.46. The molecule has 84 valence electrons. The van der Waals surface area contributed by atoms with Crippen LogP contribution in [0.1, 0.15) is 19.8 Å². The van der Waals surface area contributed by atoms with Gasteiger partial charge in [-0.25, -0.2) is 5.48 Å². The van der Waals surface area contributed by atoms with Crippen LogP contribution in [0.2, 0.25) is 0 Å². The molecule has 1 atom stereocenters. The molecule has 4 nitrogen and oxygen atoms in total. The summed E-state index contributed by atoms with van der Waals surface area (Å²) >= 11 is 1.90. The third-order valence-corrected chi connectivity index (χ3v) is 2.95. The first-order valence-corrected chi connectivity index (χ1v) is 6.05. The van der Waals surface area contributed by atoms with E-state index in [9.17, 15) is 0 Å². The highest BCUT2D eigenvalue weighted by molar-refractivity contribution is 7.99. The molecule has 5 heteroatoms. The number of nitrogens with one attached hydrogen (secondary N) is 2. The minimum absolute atomic E-state index is 0.685. The van der Waals surface area contributed by atoms with Crippen molar-refractivity contribution in [3.63, 3.8) is 0 Å². The highest BCUT2D eigenvalue weighted by Crippen LogP contribution is 2.10. The van der Waals surface area contributed by atoms with Crippen molar-refractivity contribution in [1.29, 1.82) is 0 Å². The number of hydrogen-bond acceptors (Lipinski definition) is 3. The fourth-order valence-electron chi connectivity index (χ4n) is 0.972. The molecule has 0 saturated heterocycles. The average molecular weight is 219 g/mol. The van der Waals surface area contributed by atoms with Gasteiger partial charge >= 0.3 is 0 Å². The van der Waals surface area contributed by atoms with E-state index in [4.69, 9.17) is 4.84 Å². The van der Waals surface area contributed by atoms with Crippen LogP contribution in [0.25, 0.3) is 0 Å². The molecule has 0 aliphatic rings. The topological polar surface area (TPSA) is 45.7 Å². The molecule has 14 heavy (non-hydrogen) atoms. The maximum absolute atomic E-state index is 4.75. The zero-order chi connectivity index (χ0) is 10.8. The molecule has 0 aromatic rings. The molecule has 0 fully saturated rings. The van der Waals surface area contributed by atoms with E-state index in [1.54, 1.807) is 14.2 Å². The van der Waals surface area contributed by atoms with Crippen LogP contribution in [-0.4, -0.2) is 38.2 Å². The Morgan fingerprint density at radius 3 is 2.79 bits per heavy atom. The van der Waals surface area contributed by atoms with Crippen LogP contribution in [0.3, 0.4) is 0 Å². The van der Waals surface area contributed by atoms with E-state index in [0.717, 1.165) is 18.2 Å². The molecule has 0 heterocycles. The molecular formula is C9H21N3OS. The Hall–Kier alpha value is -0.420. The minimum atomic E-state index is 0.685. The van der Waals surface area contributed by atoms with Gasteiger partial charge < -0.3 is 5.32 Å². The molecule has 1 unspecified atom stereocenters. The summed E-state index contributed by atoms with van der Waals surface area (Å²) in [4.78, 5) is 8.73. The predicted octanol–water partition coefficient (Wildman–Crippen LogP) is 1.24. The number of thioether (sulfide) groups is 1. The predicted molar refractivity (Wildman–Crippen MR) is 63.7 cm³/mol. The van der Waals surface area contributed by atoms with Crippen LogP contribution < -0.4 is 10.8 Å². The second-order valence-corrected chi connectivity index (χ2v) is 4.27. The SMILES string of the molecule is CN=C(NCCCC(C)SC)NOC. The first-order chi connectivity index (χ1) is 6.74. The average Bonchev–Trinajstić information content (AvgIpc) is 2.22.